The molecule has 0 saturated carbocycles. The number of carbonyl (C=O) groups is 2. The second kappa shape index (κ2) is 8.27. The number of aromatic nitrogens is 3. The van der Waals surface area contributed by atoms with E-state index >= 15 is 0 Å². The van der Waals surface area contributed by atoms with Crippen LogP contribution in [0.4, 0.5) is 20.6 Å². The van der Waals surface area contributed by atoms with Crippen molar-refractivity contribution in [3.05, 3.63) is 60.4 Å². The monoisotopic (exact) mass is 423 g/mol. The number of carbonyl (C=O) groups excluding carboxylic acids is 2. The first kappa shape index (κ1) is 20.1. The first-order valence-electron chi connectivity index (χ1n) is 9.38. The van der Waals surface area contributed by atoms with Crippen molar-refractivity contribution in [1.82, 2.24) is 15.0 Å². The van der Waals surface area contributed by atoms with Crippen LogP contribution in [0.25, 0.3) is 22.6 Å². The summed E-state index contributed by atoms with van der Waals surface area (Å²) in [5.74, 6) is -0.187. The Morgan fingerprint density at radius 1 is 1.13 bits per heavy atom. The van der Waals surface area contributed by atoms with E-state index in [1.165, 1.54) is 12.3 Å². The predicted molar refractivity (Wildman–Crippen MR) is 111 cm³/mol. The Balaban J connectivity index is 1.53. The molecule has 1 aromatic carbocycles. The van der Waals surface area contributed by atoms with Crippen LogP contribution < -0.4 is 10.6 Å². The summed E-state index contributed by atoms with van der Waals surface area (Å²) in [6, 6.07) is 10.1. The molecule has 0 saturated heterocycles. The number of fused-ring (bicyclic) bond motifs is 1. The number of anilines is 2. The Morgan fingerprint density at radius 3 is 2.71 bits per heavy atom. The number of furan rings is 1. The quantitative estimate of drug-likeness (QED) is 0.432. The SMILES string of the molecule is CC(C)OC(=O)Nc1cnc2nc(-c3cccc(NC(=O)c4ccc(F)o4)c3)[nH]c2c1. The van der Waals surface area contributed by atoms with Crippen molar-refractivity contribution in [2.75, 3.05) is 10.6 Å². The van der Waals surface area contributed by atoms with Gasteiger partial charge in [-0.1, -0.05) is 12.1 Å². The molecule has 0 spiro atoms. The number of ether oxygens (including phenoxy) is 1. The summed E-state index contributed by atoms with van der Waals surface area (Å²) in [6.07, 6.45) is 0.666. The highest BCUT2D eigenvalue weighted by Crippen LogP contribution is 2.24. The van der Waals surface area contributed by atoms with E-state index in [-0.39, 0.29) is 11.9 Å². The maximum absolute atomic E-state index is 13.0. The molecule has 0 radical (unpaired) electrons. The van der Waals surface area contributed by atoms with Crippen LogP contribution in [0.3, 0.4) is 0 Å². The van der Waals surface area contributed by atoms with Gasteiger partial charge in [0.15, 0.2) is 11.4 Å². The van der Waals surface area contributed by atoms with Gasteiger partial charge in [-0.3, -0.25) is 10.1 Å². The fourth-order valence-corrected chi connectivity index (χ4v) is 2.84. The van der Waals surface area contributed by atoms with Gasteiger partial charge >= 0.3 is 6.09 Å². The summed E-state index contributed by atoms with van der Waals surface area (Å²) in [5.41, 5.74) is 2.69. The largest absolute Gasteiger partial charge is 0.447 e. The number of nitrogens with zero attached hydrogens (tertiary/aromatic N) is 2. The van der Waals surface area contributed by atoms with E-state index in [2.05, 4.69) is 30.0 Å². The lowest BCUT2D eigenvalue weighted by Crippen LogP contribution is -2.18. The summed E-state index contributed by atoms with van der Waals surface area (Å²) in [5, 5.41) is 5.25. The summed E-state index contributed by atoms with van der Waals surface area (Å²) < 4.78 is 22.7. The lowest BCUT2D eigenvalue weighted by molar-refractivity contribution is 0.0988. The topological polar surface area (TPSA) is 122 Å². The van der Waals surface area contributed by atoms with Crippen LogP contribution >= 0.6 is 0 Å². The lowest BCUT2D eigenvalue weighted by atomic mass is 10.2. The van der Waals surface area contributed by atoms with E-state index in [0.717, 1.165) is 6.07 Å². The van der Waals surface area contributed by atoms with Gasteiger partial charge in [0, 0.05) is 17.3 Å². The third kappa shape index (κ3) is 4.69. The third-order valence-electron chi connectivity index (χ3n) is 4.12. The molecule has 2 amide bonds. The van der Waals surface area contributed by atoms with Crippen LogP contribution in [0.1, 0.15) is 24.4 Å². The first-order valence-corrected chi connectivity index (χ1v) is 9.38. The molecular weight excluding hydrogens is 405 g/mol. The minimum Gasteiger partial charge on any atom is -0.447 e. The molecule has 0 aliphatic rings. The van der Waals surface area contributed by atoms with Crippen LogP contribution in [0, 0.1) is 6.01 Å². The molecular formula is C21H18FN5O4. The van der Waals surface area contributed by atoms with Gasteiger partial charge in [-0.25, -0.2) is 14.8 Å². The van der Waals surface area contributed by atoms with Crippen molar-refractivity contribution < 1.29 is 23.1 Å². The number of rotatable bonds is 5. The van der Waals surface area contributed by atoms with Gasteiger partial charge in [-0.05, 0) is 38.1 Å². The Bertz CT molecular complexity index is 1260. The standard InChI is InChI=1S/C21H18FN5O4/c1-11(2)30-21(29)25-14-9-15-19(23-10-14)27-18(26-15)12-4-3-5-13(8-12)24-20(28)16-6-7-17(22)31-16/h3-11H,1-2H3,(H,24,28)(H,25,29)(H,23,26,27). The van der Waals surface area contributed by atoms with Crippen LogP contribution in [0.5, 0.6) is 0 Å². The van der Waals surface area contributed by atoms with Gasteiger partial charge in [-0.2, -0.15) is 4.39 Å². The molecule has 0 atom stereocenters. The smallest absolute Gasteiger partial charge is 0.411 e. The molecule has 3 heterocycles. The number of hydrogen-bond donors (Lipinski definition) is 3. The zero-order valence-corrected chi connectivity index (χ0v) is 16.6. The fourth-order valence-electron chi connectivity index (χ4n) is 2.84. The van der Waals surface area contributed by atoms with Crippen LogP contribution in [0.2, 0.25) is 0 Å². The maximum atomic E-state index is 13.0. The van der Waals surface area contributed by atoms with Crippen molar-refractivity contribution in [3.8, 4) is 11.4 Å². The van der Waals surface area contributed by atoms with E-state index in [0.29, 0.717) is 33.9 Å². The normalized spacial score (nSPS) is 11.0. The van der Waals surface area contributed by atoms with E-state index in [1.807, 2.05) is 0 Å². The van der Waals surface area contributed by atoms with Crippen LogP contribution in [-0.2, 0) is 4.74 Å². The Morgan fingerprint density at radius 2 is 1.97 bits per heavy atom. The van der Waals surface area contributed by atoms with E-state index in [1.54, 1.807) is 44.2 Å². The Kier molecular flexibility index (Phi) is 5.35. The van der Waals surface area contributed by atoms with Gasteiger partial charge in [0.25, 0.3) is 11.9 Å². The summed E-state index contributed by atoms with van der Waals surface area (Å²) in [7, 11) is 0. The number of nitrogens with one attached hydrogen (secondary N) is 3. The highest BCUT2D eigenvalue weighted by molar-refractivity contribution is 6.02. The van der Waals surface area contributed by atoms with E-state index in [4.69, 9.17) is 4.74 Å². The number of aromatic amines is 1. The molecule has 4 rings (SSSR count). The zero-order chi connectivity index (χ0) is 22.0. The summed E-state index contributed by atoms with van der Waals surface area (Å²) >= 11 is 0. The highest BCUT2D eigenvalue weighted by atomic mass is 19.1. The van der Waals surface area contributed by atoms with Crippen LogP contribution in [-0.4, -0.2) is 33.1 Å². The van der Waals surface area contributed by atoms with Gasteiger partial charge in [0.2, 0.25) is 0 Å². The zero-order valence-electron chi connectivity index (χ0n) is 16.6. The molecule has 0 unspecified atom stereocenters. The molecule has 0 aliphatic heterocycles. The highest BCUT2D eigenvalue weighted by Gasteiger charge is 2.13. The summed E-state index contributed by atoms with van der Waals surface area (Å²) in [4.78, 5) is 35.7. The number of imidazole rings is 1. The van der Waals surface area contributed by atoms with Gasteiger partial charge < -0.3 is 19.5 Å². The lowest BCUT2D eigenvalue weighted by Gasteiger charge is -2.08. The van der Waals surface area contributed by atoms with Crippen molar-refractivity contribution in [2.24, 2.45) is 0 Å². The molecule has 0 bridgehead atoms. The molecule has 0 aliphatic carbocycles. The fraction of sp³-hybridized carbons (Fsp3) is 0.143. The number of halogens is 1. The molecule has 0 fully saturated rings. The van der Waals surface area contributed by atoms with E-state index in [9.17, 15) is 14.0 Å². The molecule has 10 heteroatoms. The average molecular weight is 423 g/mol. The molecule has 4 aromatic rings. The molecule has 158 valence electrons. The third-order valence-corrected chi connectivity index (χ3v) is 4.12. The van der Waals surface area contributed by atoms with E-state index < -0.39 is 18.0 Å². The first-order chi connectivity index (χ1) is 14.9. The summed E-state index contributed by atoms with van der Waals surface area (Å²) in [6.45, 7) is 3.51. The van der Waals surface area contributed by atoms with Crippen LogP contribution in [0.15, 0.2) is 53.1 Å². The minimum atomic E-state index is -0.833. The number of amides is 2. The number of hydrogen-bond acceptors (Lipinski definition) is 6. The van der Waals surface area contributed by atoms with Crippen molar-refractivity contribution in [3.63, 3.8) is 0 Å². The maximum Gasteiger partial charge on any atom is 0.411 e. The average Bonchev–Trinajstić information content (AvgIpc) is 3.33. The number of pyridine rings is 1. The Labute approximate surface area is 175 Å². The molecule has 31 heavy (non-hydrogen) atoms. The van der Waals surface area contributed by atoms with Crippen molar-refractivity contribution in [2.45, 2.75) is 20.0 Å². The molecule has 3 aromatic heterocycles. The number of benzene rings is 1. The minimum absolute atomic E-state index is 0.133. The van der Waals surface area contributed by atoms with Crippen molar-refractivity contribution in [1.29, 1.82) is 0 Å². The molecule has 3 N–H and O–H groups in total. The predicted octanol–water partition coefficient (Wildman–Crippen LogP) is 4.57. The second-order valence-electron chi connectivity index (χ2n) is 6.90. The van der Waals surface area contributed by atoms with Gasteiger partial charge in [0.05, 0.1) is 23.5 Å². The second-order valence-corrected chi connectivity index (χ2v) is 6.90. The molecule has 9 nitrogen and oxygen atoms in total. The number of H-pyrrole nitrogens is 1. The van der Waals surface area contributed by atoms with Gasteiger partial charge in [0.1, 0.15) is 5.82 Å². The Hall–Kier alpha value is -4.21. The van der Waals surface area contributed by atoms with Gasteiger partial charge in [-0.15, -0.1) is 0 Å². The van der Waals surface area contributed by atoms with Crippen molar-refractivity contribution >= 4 is 34.5 Å².